The van der Waals surface area contributed by atoms with Crippen LogP contribution in [0, 0.1) is 5.92 Å². The summed E-state index contributed by atoms with van der Waals surface area (Å²) in [5.74, 6) is -2.12. The first-order chi connectivity index (χ1) is 8.36. The van der Waals surface area contributed by atoms with E-state index in [1.54, 1.807) is 0 Å². The number of rotatable bonds is 9. The summed E-state index contributed by atoms with van der Waals surface area (Å²) < 4.78 is 0. The third-order valence-electron chi connectivity index (χ3n) is 2.56. The van der Waals surface area contributed by atoms with E-state index >= 15 is 0 Å². The molecule has 0 spiro atoms. The standard InChI is InChI=1S/C11H21N3O4/c1-7(4-5-12)2-3-10(16)14-8(11(17)18)6-9(13)15/h7-8H,2-6,12H2,1H3,(H2,13,15)(H,14,16)(H,17,18)/t7?,8-/m1/s1. The van der Waals surface area contributed by atoms with E-state index in [1.807, 2.05) is 6.92 Å². The van der Waals surface area contributed by atoms with Crippen molar-refractivity contribution in [2.45, 2.75) is 38.6 Å². The molecule has 0 saturated carbocycles. The van der Waals surface area contributed by atoms with Crippen LogP contribution in [-0.4, -0.2) is 35.5 Å². The molecule has 0 aliphatic heterocycles. The van der Waals surface area contributed by atoms with Gasteiger partial charge in [-0.3, -0.25) is 9.59 Å². The zero-order chi connectivity index (χ0) is 14.1. The molecular weight excluding hydrogens is 238 g/mol. The van der Waals surface area contributed by atoms with Crippen molar-refractivity contribution in [3.05, 3.63) is 0 Å². The number of amides is 2. The summed E-state index contributed by atoms with van der Waals surface area (Å²) in [6.45, 7) is 2.53. The van der Waals surface area contributed by atoms with Gasteiger partial charge in [-0.1, -0.05) is 6.92 Å². The Morgan fingerprint density at radius 1 is 1.28 bits per heavy atom. The van der Waals surface area contributed by atoms with Gasteiger partial charge in [0, 0.05) is 6.42 Å². The molecule has 2 amide bonds. The van der Waals surface area contributed by atoms with E-state index < -0.39 is 30.2 Å². The van der Waals surface area contributed by atoms with Crippen LogP contribution in [0.3, 0.4) is 0 Å². The van der Waals surface area contributed by atoms with Gasteiger partial charge in [0.1, 0.15) is 6.04 Å². The van der Waals surface area contributed by atoms with E-state index in [1.165, 1.54) is 0 Å². The molecule has 104 valence electrons. The van der Waals surface area contributed by atoms with E-state index in [4.69, 9.17) is 16.6 Å². The first kappa shape index (κ1) is 16.4. The third kappa shape index (κ3) is 7.61. The van der Waals surface area contributed by atoms with E-state index in [2.05, 4.69) is 5.32 Å². The maximum Gasteiger partial charge on any atom is 0.326 e. The number of hydrogen-bond donors (Lipinski definition) is 4. The largest absolute Gasteiger partial charge is 0.480 e. The molecule has 0 aromatic carbocycles. The average Bonchev–Trinajstić information content (AvgIpc) is 2.25. The fourth-order valence-corrected chi connectivity index (χ4v) is 1.47. The highest BCUT2D eigenvalue weighted by molar-refractivity contribution is 5.88. The fourth-order valence-electron chi connectivity index (χ4n) is 1.47. The fraction of sp³-hybridized carbons (Fsp3) is 0.727. The summed E-state index contributed by atoms with van der Waals surface area (Å²) in [5, 5.41) is 11.1. The predicted octanol–water partition coefficient (Wildman–Crippen LogP) is -0.804. The number of carboxylic acids is 1. The first-order valence-corrected chi connectivity index (χ1v) is 5.87. The second-order valence-corrected chi connectivity index (χ2v) is 4.35. The molecule has 0 aromatic rings. The molecule has 7 nitrogen and oxygen atoms in total. The van der Waals surface area contributed by atoms with Crippen LogP contribution in [0.4, 0.5) is 0 Å². The van der Waals surface area contributed by atoms with Gasteiger partial charge in [-0.05, 0) is 25.3 Å². The van der Waals surface area contributed by atoms with Crippen LogP contribution >= 0.6 is 0 Å². The Balaban J connectivity index is 4.10. The molecule has 0 aliphatic rings. The molecule has 18 heavy (non-hydrogen) atoms. The van der Waals surface area contributed by atoms with Gasteiger partial charge in [-0.15, -0.1) is 0 Å². The van der Waals surface area contributed by atoms with Crippen molar-refractivity contribution in [3.8, 4) is 0 Å². The monoisotopic (exact) mass is 259 g/mol. The lowest BCUT2D eigenvalue weighted by Crippen LogP contribution is -2.43. The normalized spacial score (nSPS) is 13.7. The van der Waals surface area contributed by atoms with Crippen LogP contribution in [0.15, 0.2) is 0 Å². The zero-order valence-electron chi connectivity index (χ0n) is 10.5. The highest BCUT2D eigenvalue weighted by Crippen LogP contribution is 2.09. The van der Waals surface area contributed by atoms with E-state index in [0.29, 0.717) is 18.9 Å². The highest BCUT2D eigenvalue weighted by Gasteiger charge is 2.21. The van der Waals surface area contributed by atoms with Crippen LogP contribution < -0.4 is 16.8 Å². The van der Waals surface area contributed by atoms with Gasteiger partial charge in [-0.25, -0.2) is 4.79 Å². The van der Waals surface area contributed by atoms with Crippen molar-refractivity contribution in [1.29, 1.82) is 0 Å². The number of hydrogen-bond acceptors (Lipinski definition) is 4. The zero-order valence-corrected chi connectivity index (χ0v) is 10.5. The Morgan fingerprint density at radius 3 is 2.33 bits per heavy atom. The van der Waals surface area contributed by atoms with E-state index in [0.717, 1.165) is 6.42 Å². The number of aliphatic carboxylic acids is 1. The molecule has 0 rings (SSSR count). The van der Waals surface area contributed by atoms with Gasteiger partial charge in [0.25, 0.3) is 0 Å². The maximum absolute atomic E-state index is 11.5. The van der Waals surface area contributed by atoms with E-state index in [-0.39, 0.29) is 6.42 Å². The molecule has 2 atom stereocenters. The Kier molecular flexibility index (Phi) is 7.69. The van der Waals surface area contributed by atoms with Gasteiger partial charge in [-0.2, -0.15) is 0 Å². The van der Waals surface area contributed by atoms with Crippen LogP contribution in [0.2, 0.25) is 0 Å². The summed E-state index contributed by atoms with van der Waals surface area (Å²) in [6.07, 6.45) is 1.26. The number of carbonyl (C=O) groups is 3. The first-order valence-electron chi connectivity index (χ1n) is 5.87. The minimum atomic E-state index is -1.27. The number of nitrogens with one attached hydrogen (secondary N) is 1. The highest BCUT2D eigenvalue weighted by atomic mass is 16.4. The molecule has 0 aromatic heterocycles. The van der Waals surface area contributed by atoms with Crippen molar-refractivity contribution in [2.24, 2.45) is 17.4 Å². The van der Waals surface area contributed by atoms with Crippen molar-refractivity contribution in [3.63, 3.8) is 0 Å². The summed E-state index contributed by atoms with van der Waals surface area (Å²) in [5.41, 5.74) is 10.3. The molecule has 0 radical (unpaired) electrons. The number of carbonyl (C=O) groups excluding carboxylic acids is 2. The maximum atomic E-state index is 11.5. The second kappa shape index (κ2) is 8.46. The van der Waals surface area contributed by atoms with Crippen LogP contribution in [0.1, 0.15) is 32.6 Å². The molecule has 0 bridgehead atoms. The Hall–Kier alpha value is -1.63. The average molecular weight is 259 g/mol. The molecular formula is C11H21N3O4. The van der Waals surface area contributed by atoms with Crippen LogP contribution in [-0.2, 0) is 14.4 Å². The third-order valence-corrected chi connectivity index (χ3v) is 2.56. The lowest BCUT2D eigenvalue weighted by Gasteiger charge is -2.14. The molecule has 0 heterocycles. The van der Waals surface area contributed by atoms with Crippen LogP contribution in [0.25, 0.3) is 0 Å². The van der Waals surface area contributed by atoms with Crippen LogP contribution in [0.5, 0.6) is 0 Å². The second-order valence-electron chi connectivity index (χ2n) is 4.35. The van der Waals surface area contributed by atoms with Gasteiger partial charge >= 0.3 is 5.97 Å². The number of nitrogens with two attached hydrogens (primary N) is 2. The van der Waals surface area contributed by atoms with Crippen molar-refractivity contribution < 1.29 is 19.5 Å². The molecule has 6 N–H and O–H groups in total. The van der Waals surface area contributed by atoms with Crippen molar-refractivity contribution in [1.82, 2.24) is 5.32 Å². The molecule has 0 aliphatic carbocycles. The lowest BCUT2D eigenvalue weighted by molar-refractivity contribution is -0.143. The van der Waals surface area contributed by atoms with Gasteiger partial charge in [0.05, 0.1) is 6.42 Å². The van der Waals surface area contributed by atoms with Gasteiger partial charge in [0.15, 0.2) is 0 Å². The van der Waals surface area contributed by atoms with Crippen molar-refractivity contribution >= 4 is 17.8 Å². The Morgan fingerprint density at radius 2 is 1.89 bits per heavy atom. The Labute approximate surface area is 106 Å². The molecule has 0 fully saturated rings. The predicted molar refractivity (Wildman–Crippen MR) is 65.4 cm³/mol. The minimum Gasteiger partial charge on any atom is -0.480 e. The summed E-state index contributed by atoms with van der Waals surface area (Å²) in [4.78, 5) is 32.9. The minimum absolute atomic E-state index is 0.212. The Bertz CT molecular complexity index is 307. The molecule has 7 heteroatoms. The smallest absolute Gasteiger partial charge is 0.326 e. The topological polar surface area (TPSA) is 136 Å². The number of carboxylic acid groups (broad SMARTS) is 1. The van der Waals surface area contributed by atoms with Gasteiger partial charge < -0.3 is 21.9 Å². The number of primary amides is 1. The lowest BCUT2D eigenvalue weighted by atomic mass is 10.0. The summed E-state index contributed by atoms with van der Waals surface area (Å²) >= 11 is 0. The quantitative estimate of drug-likeness (QED) is 0.429. The summed E-state index contributed by atoms with van der Waals surface area (Å²) in [6, 6.07) is -1.25. The van der Waals surface area contributed by atoms with E-state index in [9.17, 15) is 14.4 Å². The van der Waals surface area contributed by atoms with Crippen molar-refractivity contribution in [2.75, 3.05) is 6.54 Å². The molecule has 1 unspecified atom stereocenters. The summed E-state index contributed by atoms with van der Waals surface area (Å²) in [7, 11) is 0. The SMILES string of the molecule is CC(CCN)CCC(=O)N[C@H](CC(N)=O)C(=O)O. The molecule has 0 saturated heterocycles. The van der Waals surface area contributed by atoms with Gasteiger partial charge in [0.2, 0.25) is 11.8 Å².